The first-order valence-electron chi connectivity index (χ1n) is 10.8. The number of methoxy groups -OCH3 is 2. The lowest BCUT2D eigenvalue weighted by Crippen LogP contribution is -2.49. The van der Waals surface area contributed by atoms with Crippen molar-refractivity contribution in [2.24, 2.45) is 0 Å². The molecule has 1 amide bonds. The molecule has 0 saturated carbocycles. The zero-order valence-electron chi connectivity index (χ0n) is 19.0. The number of carbonyl (C=O) groups excluding carboxylic acids is 1. The molecule has 1 aliphatic rings. The van der Waals surface area contributed by atoms with Crippen LogP contribution in [0.4, 0.5) is 11.8 Å². The third-order valence-corrected chi connectivity index (χ3v) is 5.71. The number of carbonyl (C=O) groups is 1. The molecule has 33 heavy (non-hydrogen) atoms. The van der Waals surface area contributed by atoms with Gasteiger partial charge in [-0.25, -0.2) is 9.97 Å². The predicted molar refractivity (Wildman–Crippen MR) is 129 cm³/mol. The van der Waals surface area contributed by atoms with E-state index in [1.165, 1.54) is 0 Å². The number of hydrogen-bond acceptors (Lipinski definition) is 8. The smallest absolute Gasteiger partial charge is 0.223 e. The molecule has 1 aromatic carbocycles. The molecule has 4 rings (SSSR count). The summed E-state index contributed by atoms with van der Waals surface area (Å²) in [5, 5.41) is 0. The highest BCUT2D eigenvalue weighted by atomic mass is 16.5. The van der Waals surface area contributed by atoms with Crippen LogP contribution in [0.2, 0.25) is 0 Å². The van der Waals surface area contributed by atoms with E-state index in [1.807, 2.05) is 35.2 Å². The van der Waals surface area contributed by atoms with Gasteiger partial charge in [0.25, 0.3) is 0 Å². The van der Waals surface area contributed by atoms with E-state index in [4.69, 9.17) is 20.2 Å². The number of pyridine rings is 1. The molecule has 0 atom stereocenters. The number of aromatic nitrogens is 3. The number of piperazine rings is 1. The van der Waals surface area contributed by atoms with Gasteiger partial charge < -0.3 is 25.0 Å². The predicted octanol–water partition coefficient (Wildman–Crippen LogP) is 2.91. The number of ether oxygens (including phenoxy) is 2. The molecule has 2 N–H and O–H groups in total. The van der Waals surface area contributed by atoms with E-state index in [1.54, 1.807) is 20.3 Å². The van der Waals surface area contributed by atoms with Crippen molar-refractivity contribution in [1.29, 1.82) is 0 Å². The van der Waals surface area contributed by atoms with Crippen molar-refractivity contribution in [3.8, 4) is 22.8 Å². The fraction of sp³-hybridized carbons (Fsp3) is 0.333. The summed E-state index contributed by atoms with van der Waals surface area (Å²) in [6.07, 6.45) is 2.95. The van der Waals surface area contributed by atoms with Crippen molar-refractivity contribution in [2.75, 3.05) is 51.0 Å². The van der Waals surface area contributed by atoms with Crippen molar-refractivity contribution >= 4 is 28.7 Å². The number of nitrogens with two attached hydrogens (primary N) is 1. The van der Waals surface area contributed by atoms with E-state index < -0.39 is 0 Å². The number of allylic oxidation sites excluding steroid dienone is 1. The molecule has 2 aromatic heterocycles. The Bertz CT molecular complexity index is 1170. The largest absolute Gasteiger partial charge is 0.493 e. The highest BCUT2D eigenvalue weighted by molar-refractivity contribution is 5.89. The number of rotatable bonds is 7. The zero-order valence-corrected chi connectivity index (χ0v) is 19.0. The first-order valence-corrected chi connectivity index (χ1v) is 10.8. The fourth-order valence-electron chi connectivity index (χ4n) is 3.94. The van der Waals surface area contributed by atoms with Crippen LogP contribution in [0.15, 0.2) is 43.0 Å². The topological polar surface area (TPSA) is 107 Å². The van der Waals surface area contributed by atoms with Crippen LogP contribution in [0, 0.1) is 0 Å². The Kier molecular flexibility index (Phi) is 6.58. The normalized spacial score (nSPS) is 13.8. The highest BCUT2D eigenvalue weighted by Gasteiger charge is 2.24. The fourth-order valence-corrected chi connectivity index (χ4v) is 3.94. The molecule has 9 nitrogen and oxygen atoms in total. The van der Waals surface area contributed by atoms with Crippen LogP contribution in [0.25, 0.3) is 22.3 Å². The van der Waals surface area contributed by atoms with E-state index >= 15 is 0 Å². The minimum Gasteiger partial charge on any atom is -0.493 e. The Morgan fingerprint density at radius 3 is 2.52 bits per heavy atom. The van der Waals surface area contributed by atoms with Crippen LogP contribution in [-0.2, 0) is 4.79 Å². The molecule has 0 aliphatic carbocycles. The minimum absolute atomic E-state index is 0.149. The Hall–Kier alpha value is -3.88. The Balaban J connectivity index is 1.64. The molecule has 9 heteroatoms. The van der Waals surface area contributed by atoms with Gasteiger partial charge in [-0.1, -0.05) is 6.08 Å². The van der Waals surface area contributed by atoms with Crippen molar-refractivity contribution in [3.63, 3.8) is 0 Å². The van der Waals surface area contributed by atoms with Crippen molar-refractivity contribution in [2.45, 2.75) is 12.8 Å². The number of amides is 1. The van der Waals surface area contributed by atoms with Gasteiger partial charge in [-0.05, 0) is 36.8 Å². The second-order valence-electron chi connectivity index (χ2n) is 7.73. The summed E-state index contributed by atoms with van der Waals surface area (Å²) in [6, 6.07) is 9.46. The summed E-state index contributed by atoms with van der Waals surface area (Å²) in [4.78, 5) is 30.1. The van der Waals surface area contributed by atoms with Crippen LogP contribution >= 0.6 is 0 Å². The molecular weight excluding hydrogens is 420 g/mol. The Morgan fingerprint density at radius 2 is 1.82 bits per heavy atom. The molecule has 172 valence electrons. The van der Waals surface area contributed by atoms with Crippen molar-refractivity contribution in [1.82, 2.24) is 19.9 Å². The molecule has 0 spiro atoms. The number of nitrogens with zero attached hydrogens (tertiary/aromatic N) is 5. The average molecular weight is 449 g/mol. The second kappa shape index (κ2) is 9.72. The van der Waals surface area contributed by atoms with E-state index in [-0.39, 0.29) is 11.9 Å². The summed E-state index contributed by atoms with van der Waals surface area (Å²) in [5.74, 6) is 2.30. The number of anilines is 2. The van der Waals surface area contributed by atoms with Gasteiger partial charge in [0.1, 0.15) is 5.52 Å². The molecule has 1 saturated heterocycles. The Morgan fingerprint density at radius 1 is 1.06 bits per heavy atom. The summed E-state index contributed by atoms with van der Waals surface area (Å²) < 4.78 is 10.8. The second-order valence-corrected chi connectivity index (χ2v) is 7.73. The summed E-state index contributed by atoms with van der Waals surface area (Å²) >= 11 is 0. The van der Waals surface area contributed by atoms with E-state index in [0.29, 0.717) is 67.4 Å². The maximum Gasteiger partial charge on any atom is 0.223 e. The van der Waals surface area contributed by atoms with Gasteiger partial charge in [0.15, 0.2) is 17.3 Å². The van der Waals surface area contributed by atoms with Gasteiger partial charge in [0.2, 0.25) is 11.9 Å². The SMILES string of the molecule is C=CCCC(=O)N1CCN(c2nc(N)nc3ccc(-c4ccc(OC)c(OC)c4)nc23)CC1. The van der Waals surface area contributed by atoms with Crippen LogP contribution in [0.3, 0.4) is 0 Å². The monoisotopic (exact) mass is 448 g/mol. The number of benzene rings is 1. The summed E-state index contributed by atoms with van der Waals surface area (Å²) in [5.41, 5.74) is 8.99. The third-order valence-electron chi connectivity index (χ3n) is 5.71. The number of hydrogen-bond donors (Lipinski definition) is 1. The highest BCUT2D eigenvalue weighted by Crippen LogP contribution is 2.33. The van der Waals surface area contributed by atoms with Crippen molar-refractivity contribution in [3.05, 3.63) is 43.0 Å². The molecule has 1 fully saturated rings. The first kappa shape index (κ1) is 22.3. The third kappa shape index (κ3) is 4.67. The molecule has 0 unspecified atom stereocenters. The lowest BCUT2D eigenvalue weighted by Gasteiger charge is -2.35. The standard InChI is InChI=1S/C24H28N6O3/c1-4-5-6-21(31)29-11-13-30(14-12-29)23-22-18(27-24(25)28-23)9-8-17(26-22)16-7-10-19(32-2)20(15-16)33-3/h4,7-10,15H,1,5-6,11-14H2,2-3H3,(H2,25,27,28). The van der Waals surface area contributed by atoms with Crippen LogP contribution < -0.4 is 20.1 Å². The Labute approximate surface area is 192 Å². The molecule has 0 radical (unpaired) electrons. The molecule has 0 bridgehead atoms. The molecule has 3 heterocycles. The first-order chi connectivity index (χ1) is 16.0. The van der Waals surface area contributed by atoms with Gasteiger partial charge >= 0.3 is 0 Å². The van der Waals surface area contributed by atoms with Gasteiger partial charge in [0.05, 0.1) is 25.4 Å². The number of fused-ring (bicyclic) bond motifs is 1. The summed E-state index contributed by atoms with van der Waals surface area (Å²) in [7, 11) is 3.21. The maximum absolute atomic E-state index is 12.3. The van der Waals surface area contributed by atoms with Crippen LogP contribution in [0.5, 0.6) is 11.5 Å². The lowest BCUT2D eigenvalue weighted by atomic mass is 10.1. The molecule has 3 aromatic rings. The van der Waals surface area contributed by atoms with E-state index in [0.717, 1.165) is 11.3 Å². The van der Waals surface area contributed by atoms with E-state index in [9.17, 15) is 4.79 Å². The molecular formula is C24H28N6O3. The van der Waals surface area contributed by atoms with Crippen molar-refractivity contribution < 1.29 is 14.3 Å². The van der Waals surface area contributed by atoms with E-state index in [2.05, 4.69) is 21.4 Å². The van der Waals surface area contributed by atoms with Crippen LogP contribution in [0.1, 0.15) is 12.8 Å². The zero-order chi connectivity index (χ0) is 23.4. The van der Waals surface area contributed by atoms with Crippen LogP contribution in [-0.4, -0.2) is 66.2 Å². The number of nitrogen functional groups attached to an aromatic ring is 1. The summed E-state index contributed by atoms with van der Waals surface area (Å²) in [6.45, 7) is 6.23. The quantitative estimate of drug-likeness (QED) is 0.550. The van der Waals surface area contributed by atoms with Gasteiger partial charge in [-0.2, -0.15) is 4.98 Å². The minimum atomic E-state index is 0.149. The lowest BCUT2D eigenvalue weighted by molar-refractivity contribution is -0.131. The van der Waals surface area contributed by atoms with Gasteiger partial charge in [-0.3, -0.25) is 4.79 Å². The average Bonchev–Trinajstić information content (AvgIpc) is 2.86. The van der Waals surface area contributed by atoms with Gasteiger partial charge in [-0.15, -0.1) is 6.58 Å². The maximum atomic E-state index is 12.3. The van der Waals surface area contributed by atoms with Gasteiger partial charge in [0, 0.05) is 38.2 Å². The molecule has 1 aliphatic heterocycles.